The first-order chi connectivity index (χ1) is 7.16. The van der Waals surface area contributed by atoms with Gasteiger partial charge in [-0.3, -0.25) is 0 Å². The minimum Gasteiger partial charge on any atom is -0.323 e. The minimum absolute atomic E-state index is 0.112. The second-order valence-electron chi connectivity index (χ2n) is 4.27. The first-order valence-electron chi connectivity index (χ1n) is 5.41. The number of rotatable bonds is 3. The molecule has 0 aliphatic carbocycles. The maximum atomic E-state index is 6.14. The molecule has 82 valence electrons. The third-order valence-electron chi connectivity index (χ3n) is 3.01. The van der Waals surface area contributed by atoms with Crippen LogP contribution in [0.2, 0.25) is 5.02 Å². The van der Waals surface area contributed by atoms with E-state index < -0.39 is 0 Å². The summed E-state index contributed by atoms with van der Waals surface area (Å²) in [6, 6.07) is 6.16. The fourth-order valence-electron chi connectivity index (χ4n) is 1.85. The van der Waals surface area contributed by atoms with Crippen LogP contribution in [0.3, 0.4) is 0 Å². The molecule has 1 aliphatic heterocycles. The highest BCUT2D eigenvalue weighted by Gasteiger charge is 2.17. The van der Waals surface area contributed by atoms with Crippen LogP contribution in [-0.2, 0) is 0 Å². The van der Waals surface area contributed by atoms with Gasteiger partial charge in [-0.05, 0) is 43.6 Å². The highest BCUT2D eigenvalue weighted by molar-refractivity contribution is 6.31. The SMILES string of the molecule is Cc1cc(C(N)CN2CCC2)ccc1Cl. The van der Waals surface area contributed by atoms with Gasteiger partial charge in [-0.15, -0.1) is 0 Å². The van der Waals surface area contributed by atoms with Crippen molar-refractivity contribution in [2.75, 3.05) is 19.6 Å². The van der Waals surface area contributed by atoms with Crippen LogP contribution in [0.5, 0.6) is 0 Å². The summed E-state index contributed by atoms with van der Waals surface area (Å²) in [5.41, 5.74) is 8.43. The molecule has 0 amide bonds. The summed E-state index contributed by atoms with van der Waals surface area (Å²) in [4.78, 5) is 2.38. The van der Waals surface area contributed by atoms with Crippen molar-refractivity contribution in [1.29, 1.82) is 0 Å². The molecule has 3 heteroatoms. The highest BCUT2D eigenvalue weighted by atomic mass is 35.5. The van der Waals surface area contributed by atoms with Gasteiger partial charge in [0.25, 0.3) is 0 Å². The molecule has 0 radical (unpaired) electrons. The summed E-state index contributed by atoms with van der Waals surface area (Å²) >= 11 is 5.98. The third-order valence-corrected chi connectivity index (χ3v) is 3.44. The van der Waals surface area contributed by atoms with Crippen molar-refractivity contribution >= 4 is 11.6 Å². The Labute approximate surface area is 96.0 Å². The van der Waals surface area contributed by atoms with Gasteiger partial charge >= 0.3 is 0 Å². The first kappa shape index (κ1) is 10.9. The van der Waals surface area contributed by atoms with Gasteiger partial charge in [-0.1, -0.05) is 23.7 Å². The van der Waals surface area contributed by atoms with E-state index >= 15 is 0 Å². The summed E-state index contributed by atoms with van der Waals surface area (Å²) in [5.74, 6) is 0. The Kier molecular flexibility index (Phi) is 3.29. The van der Waals surface area contributed by atoms with E-state index in [9.17, 15) is 0 Å². The summed E-state index contributed by atoms with van der Waals surface area (Å²) in [7, 11) is 0. The molecule has 1 heterocycles. The van der Waals surface area contributed by atoms with Crippen molar-refractivity contribution in [3.05, 3.63) is 34.3 Å². The lowest BCUT2D eigenvalue weighted by Crippen LogP contribution is -2.41. The maximum Gasteiger partial charge on any atom is 0.0435 e. The number of hydrogen-bond acceptors (Lipinski definition) is 2. The molecule has 0 aromatic heterocycles. The smallest absolute Gasteiger partial charge is 0.0435 e. The second kappa shape index (κ2) is 4.52. The first-order valence-corrected chi connectivity index (χ1v) is 5.78. The predicted octanol–water partition coefficient (Wildman–Crippen LogP) is 2.35. The van der Waals surface area contributed by atoms with E-state index in [1.54, 1.807) is 0 Å². The van der Waals surface area contributed by atoms with Crippen LogP contribution < -0.4 is 5.73 Å². The van der Waals surface area contributed by atoms with Gasteiger partial charge in [0.15, 0.2) is 0 Å². The topological polar surface area (TPSA) is 29.3 Å². The summed E-state index contributed by atoms with van der Waals surface area (Å²) in [6.07, 6.45) is 1.31. The van der Waals surface area contributed by atoms with Crippen LogP contribution in [0.15, 0.2) is 18.2 Å². The zero-order chi connectivity index (χ0) is 10.8. The number of aryl methyl sites for hydroxylation is 1. The van der Waals surface area contributed by atoms with Gasteiger partial charge in [-0.25, -0.2) is 0 Å². The van der Waals surface area contributed by atoms with E-state index in [1.165, 1.54) is 25.1 Å². The molecule has 0 spiro atoms. The Morgan fingerprint density at radius 2 is 2.20 bits per heavy atom. The number of nitrogens with two attached hydrogens (primary N) is 1. The van der Waals surface area contributed by atoms with Crippen LogP contribution in [0.1, 0.15) is 23.6 Å². The Morgan fingerprint density at radius 3 is 2.73 bits per heavy atom. The number of nitrogens with zero attached hydrogens (tertiary/aromatic N) is 1. The summed E-state index contributed by atoms with van der Waals surface area (Å²) < 4.78 is 0. The number of likely N-dealkylation sites (tertiary alicyclic amines) is 1. The molecule has 2 nitrogen and oxygen atoms in total. The molecule has 1 fully saturated rings. The van der Waals surface area contributed by atoms with E-state index in [0.717, 1.165) is 17.1 Å². The molecule has 1 atom stereocenters. The summed E-state index contributed by atoms with van der Waals surface area (Å²) in [6.45, 7) is 5.36. The van der Waals surface area contributed by atoms with Crippen molar-refractivity contribution in [1.82, 2.24) is 4.90 Å². The molecule has 0 bridgehead atoms. The maximum absolute atomic E-state index is 6.14. The molecular weight excluding hydrogens is 208 g/mol. The lowest BCUT2D eigenvalue weighted by molar-refractivity contribution is 0.170. The average Bonchev–Trinajstić information content (AvgIpc) is 2.15. The number of benzene rings is 1. The molecule has 1 aromatic carbocycles. The molecule has 2 N–H and O–H groups in total. The molecule has 2 rings (SSSR count). The fraction of sp³-hybridized carbons (Fsp3) is 0.500. The van der Waals surface area contributed by atoms with Crippen molar-refractivity contribution in [2.24, 2.45) is 5.73 Å². The largest absolute Gasteiger partial charge is 0.323 e. The van der Waals surface area contributed by atoms with Gasteiger partial charge in [0.1, 0.15) is 0 Å². The van der Waals surface area contributed by atoms with Crippen LogP contribution >= 0.6 is 11.6 Å². The average molecular weight is 225 g/mol. The Balaban J connectivity index is 2.03. The molecular formula is C12H17ClN2. The van der Waals surface area contributed by atoms with Crippen molar-refractivity contribution < 1.29 is 0 Å². The van der Waals surface area contributed by atoms with Gasteiger partial charge in [-0.2, -0.15) is 0 Å². The monoisotopic (exact) mass is 224 g/mol. The summed E-state index contributed by atoms with van der Waals surface area (Å²) in [5, 5.41) is 0.815. The fourth-order valence-corrected chi connectivity index (χ4v) is 1.96. The lowest BCUT2D eigenvalue weighted by atomic mass is 10.0. The molecule has 1 aromatic rings. The van der Waals surface area contributed by atoms with Gasteiger partial charge in [0.2, 0.25) is 0 Å². The zero-order valence-corrected chi connectivity index (χ0v) is 9.80. The molecule has 1 unspecified atom stereocenters. The van der Waals surface area contributed by atoms with E-state index in [-0.39, 0.29) is 6.04 Å². The quantitative estimate of drug-likeness (QED) is 0.854. The van der Waals surface area contributed by atoms with Crippen LogP contribution in [0.4, 0.5) is 0 Å². The number of hydrogen-bond donors (Lipinski definition) is 1. The van der Waals surface area contributed by atoms with E-state index in [0.29, 0.717) is 0 Å². The standard InChI is InChI=1S/C12H17ClN2/c1-9-7-10(3-4-11(9)13)12(14)8-15-5-2-6-15/h3-4,7,12H,2,5-6,8,14H2,1H3. The van der Waals surface area contributed by atoms with E-state index in [2.05, 4.69) is 11.0 Å². The molecule has 1 aliphatic rings. The lowest BCUT2D eigenvalue weighted by Gasteiger charge is -2.33. The molecule has 0 saturated carbocycles. The van der Waals surface area contributed by atoms with Crippen molar-refractivity contribution in [3.63, 3.8) is 0 Å². The van der Waals surface area contributed by atoms with Crippen LogP contribution in [0, 0.1) is 6.92 Å². The van der Waals surface area contributed by atoms with E-state index in [1.807, 2.05) is 19.1 Å². The van der Waals surface area contributed by atoms with E-state index in [4.69, 9.17) is 17.3 Å². The number of halogens is 1. The molecule has 1 saturated heterocycles. The Bertz CT molecular complexity index is 347. The van der Waals surface area contributed by atoms with Crippen LogP contribution in [-0.4, -0.2) is 24.5 Å². The van der Waals surface area contributed by atoms with Crippen molar-refractivity contribution in [3.8, 4) is 0 Å². The normalized spacial score (nSPS) is 18.6. The zero-order valence-electron chi connectivity index (χ0n) is 9.04. The predicted molar refractivity (Wildman–Crippen MR) is 64.2 cm³/mol. The third kappa shape index (κ3) is 2.51. The van der Waals surface area contributed by atoms with Crippen LogP contribution in [0.25, 0.3) is 0 Å². The minimum atomic E-state index is 0.112. The highest BCUT2D eigenvalue weighted by Crippen LogP contribution is 2.21. The van der Waals surface area contributed by atoms with Crippen molar-refractivity contribution in [2.45, 2.75) is 19.4 Å². The van der Waals surface area contributed by atoms with Gasteiger partial charge in [0.05, 0.1) is 0 Å². The Morgan fingerprint density at radius 1 is 1.47 bits per heavy atom. The van der Waals surface area contributed by atoms with Gasteiger partial charge in [0, 0.05) is 17.6 Å². The van der Waals surface area contributed by atoms with Gasteiger partial charge < -0.3 is 10.6 Å². The Hall–Kier alpha value is -0.570. The second-order valence-corrected chi connectivity index (χ2v) is 4.68. The molecule has 15 heavy (non-hydrogen) atoms.